The molecule has 2 heterocycles. The number of hydrogen-bond donors (Lipinski definition) is 1. The number of aryl methyl sites for hydroxylation is 1. The molecule has 2 amide bonds. The van der Waals surface area contributed by atoms with Crippen LogP contribution in [0, 0.1) is 0 Å². The molecular formula is C19H26N4O4. The summed E-state index contributed by atoms with van der Waals surface area (Å²) in [6.45, 7) is 3.55. The molecule has 3 rings (SSSR count). The van der Waals surface area contributed by atoms with Crippen molar-refractivity contribution in [2.45, 2.75) is 45.3 Å². The summed E-state index contributed by atoms with van der Waals surface area (Å²) in [5.41, 5.74) is 0.615. The fourth-order valence-corrected chi connectivity index (χ4v) is 2.82. The van der Waals surface area contributed by atoms with E-state index >= 15 is 0 Å². The lowest BCUT2D eigenvalue weighted by Gasteiger charge is -2.18. The summed E-state index contributed by atoms with van der Waals surface area (Å²) in [6, 6.07) is 7.09. The van der Waals surface area contributed by atoms with Gasteiger partial charge < -0.3 is 24.2 Å². The minimum atomic E-state index is -0.279. The molecule has 0 unspecified atom stereocenters. The summed E-state index contributed by atoms with van der Waals surface area (Å²) in [4.78, 5) is 18.3. The van der Waals surface area contributed by atoms with Gasteiger partial charge in [-0.25, -0.2) is 4.79 Å². The van der Waals surface area contributed by atoms with E-state index in [4.69, 9.17) is 14.0 Å². The average Bonchev–Trinajstić information content (AvgIpc) is 3.33. The molecule has 1 aliphatic rings. The summed E-state index contributed by atoms with van der Waals surface area (Å²) in [6.07, 6.45) is 3.88. The maximum absolute atomic E-state index is 12.5. The molecule has 0 spiro atoms. The Morgan fingerprint density at radius 1 is 1.41 bits per heavy atom. The van der Waals surface area contributed by atoms with Crippen LogP contribution in [0.25, 0.3) is 0 Å². The highest BCUT2D eigenvalue weighted by Crippen LogP contribution is 2.25. The van der Waals surface area contributed by atoms with Crippen molar-refractivity contribution in [3.8, 4) is 5.75 Å². The molecule has 0 saturated carbocycles. The maximum atomic E-state index is 12.5. The van der Waals surface area contributed by atoms with Gasteiger partial charge in [-0.2, -0.15) is 4.98 Å². The summed E-state index contributed by atoms with van der Waals surface area (Å²) < 4.78 is 16.6. The van der Waals surface area contributed by atoms with Gasteiger partial charge in [0.2, 0.25) is 5.89 Å². The molecule has 1 saturated heterocycles. The van der Waals surface area contributed by atoms with Gasteiger partial charge in [0.05, 0.1) is 11.8 Å². The van der Waals surface area contributed by atoms with E-state index < -0.39 is 0 Å². The first-order chi connectivity index (χ1) is 13.2. The lowest BCUT2D eigenvalue weighted by Crippen LogP contribution is -2.31. The Morgan fingerprint density at radius 3 is 3.04 bits per heavy atom. The number of nitrogens with zero attached hydrogens (tertiary/aromatic N) is 3. The predicted octanol–water partition coefficient (Wildman–Crippen LogP) is 3.24. The largest absolute Gasteiger partial charge is 0.489 e. The summed E-state index contributed by atoms with van der Waals surface area (Å²) in [5, 5.41) is 6.77. The monoisotopic (exact) mass is 374 g/mol. The number of rotatable bonds is 8. The molecule has 146 valence electrons. The quantitative estimate of drug-likeness (QED) is 0.763. The third-order valence-corrected chi connectivity index (χ3v) is 4.28. The highest BCUT2D eigenvalue weighted by atomic mass is 16.5. The first-order valence-electron chi connectivity index (χ1n) is 9.32. The van der Waals surface area contributed by atoms with Crippen LogP contribution in [0.1, 0.15) is 37.9 Å². The molecule has 1 aromatic carbocycles. The van der Waals surface area contributed by atoms with Crippen molar-refractivity contribution in [3.63, 3.8) is 0 Å². The normalized spacial score (nSPS) is 16.3. The van der Waals surface area contributed by atoms with Crippen molar-refractivity contribution >= 4 is 11.7 Å². The molecule has 8 heteroatoms. The second-order valence-electron chi connectivity index (χ2n) is 6.58. The number of nitrogens with one attached hydrogen (secondary N) is 1. The number of amides is 2. The van der Waals surface area contributed by atoms with E-state index in [9.17, 15) is 4.79 Å². The van der Waals surface area contributed by atoms with Crippen LogP contribution in [0.4, 0.5) is 10.5 Å². The fraction of sp³-hybridized carbons (Fsp3) is 0.526. The Labute approximate surface area is 158 Å². The Bertz CT molecular complexity index is 743. The Balaban J connectivity index is 1.55. The maximum Gasteiger partial charge on any atom is 0.322 e. The average molecular weight is 374 g/mol. The van der Waals surface area contributed by atoms with E-state index in [1.807, 2.05) is 31.2 Å². The Morgan fingerprint density at radius 2 is 2.26 bits per heavy atom. The minimum Gasteiger partial charge on any atom is -0.489 e. The van der Waals surface area contributed by atoms with Crippen LogP contribution < -0.4 is 10.1 Å². The van der Waals surface area contributed by atoms with Gasteiger partial charge in [-0.15, -0.1) is 0 Å². The van der Waals surface area contributed by atoms with Crippen molar-refractivity contribution in [1.29, 1.82) is 0 Å². The number of anilines is 1. The molecule has 8 nitrogen and oxygen atoms in total. The highest BCUT2D eigenvalue weighted by molar-refractivity contribution is 5.90. The molecular weight excluding hydrogens is 348 g/mol. The van der Waals surface area contributed by atoms with Gasteiger partial charge in [0, 0.05) is 20.1 Å². The SMILES string of the molecule is CCCc1noc(CN(C)C(=O)Nc2ccccc2OC[C@H]2CCCO2)n1. The Kier molecular flexibility index (Phi) is 6.64. The van der Waals surface area contributed by atoms with E-state index in [0.717, 1.165) is 32.3 Å². The van der Waals surface area contributed by atoms with Crippen LogP contribution in [0.3, 0.4) is 0 Å². The molecule has 1 aromatic heterocycles. The highest BCUT2D eigenvalue weighted by Gasteiger charge is 2.18. The standard InChI is InChI=1S/C19H26N4O4/c1-3-7-17-21-18(27-22-17)12-23(2)19(24)20-15-9-4-5-10-16(15)26-13-14-8-6-11-25-14/h4-5,9-10,14H,3,6-8,11-13H2,1-2H3,(H,20,24)/t14-/m1/s1. The van der Waals surface area contributed by atoms with Crippen molar-refractivity contribution in [3.05, 3.63) is 36.0 Å². The van der Waals surface area contributed by atoms with Gasteiger partial charge in [0.25, 0.3) is 0 Å². The fourth-order valence-electron chi connectivity index (χ4n) is 2.82. The summed E-state index contributed by atoms with van der Waals surface area (Å²) >= 11 is 0. The summed E-state index contributed by atoms with van der Waals surface area (Å²) in [5.74, 6) is 1.70. The number of aromatic nitrogens is 2. The molecule has 0 aliphatic carbocycles. The number of carbonyl (C=O) groups is 1. The van der Waals surface area contributed by atoms with Gasteiger partial charge in [0.1, 0.15) is 18.9 Å². The Hall–Kier alpha value is -2.61. The third kappa shape index (κ3) is 5.43. The molecule has 0 bridgehead atoms. The van der Waals surface area contributed by atoms with Gasteiger partial charge in [0.15, 0.2) is 5.82 Å². The van der Waals surface area contributed by atoms with Crippen molar-refractivity contribution < 1.29 is 18.8 Å². The number of urea groups is 1. The smallest absolute Gasteiger partial charge is 0.322 e. The lowest BCUT2D eigenvalue weighted by molar-refractivity contribution is 0.0682. The number of hydrogen-bond acceptors (Lipinski definition) is 6. The lowest BCUT2D eigenvalue weighted by atomic mass is 10.2. The van der Waals surface area contributed by atoms with Crippen LogP contribution in [0.5, 0.6) is 5.75 Å². The third-order valence-electron chi connectivity index (χ3n) is 4.28. The first kappa shape index (κ1) is 19.2. The second-order valence-corrected chi connectivity index (χ2v) is 6.58. The van der Waals surface area contributed by atoms with E-state index in [1.165, 1.54) is 4.90 Å². The topological polar surface area (TPSA) is 89.7 Å². The van der Waals surface area contributed by atoms with E-state index in [1.54, 1.807) is 7.05 Å². The molecule has 1 N–H and O–H groups in total. The van der Waals surface area contributed by atoms with E-state index in [2.05, 4.69) is 15.5 Å². The van der Waals surface area contributed by atoms with E-state index in [-0.39, 0.29) is 18.7 Å². The number of benzene rings is 1. The first-order valence-corrected chi connectivity index (χ1v) is 9.32. The molecule has 27 heavy (non-hydrogen) atoms. The zero-order valence-electron chi connectivity index (χ0n) is 15.8. The molecule has 2 aromatic rings. The number of ether oxygens (including phenoxy) is 2. The van der Waals surface area contributed by atoms with E-state index in [0.29, 0.717) is 29.8 Å². The minimum absolute atomic E-state index is 0.117. The molecule has 1 atom stereocenters. The van der Waals surface area contributed by atoms with Crippen molar-refractivity contribution in [2.24, 2.45) is 0 Å². The van der Waals surface area contributed by atoms with Crippen molar-refractivity contribution in [1.82, 2.24) is 15.0 Å². The zero-order chi connectivity index (χ0) is 19.1. The van der Waals surface area contributed by atoms with Gasteiger partial charge in [-0.1, -0.05) is 24.2 Å². The second kappa shape index (κ2) is 9.36. The number of para-hydroxylation sites is 2. The van der Waals surface area contributed by atoms with Gasteiger partial charge in [-0.3, -0.25) is 0 Å². The van der Waals surface area contributed by atoms with Crippen LogP contribution in [0.2, 0.25) is 0 Å². The van der Waals surface area contributed by atoms with Gasteiger partial charge in [-0.05, 0) is 31.4 Å². The molecule has 1 fully saturated rings. The van der Waals surface area contributed by atoms with Crippen LogP contribution >= 0.6 is 0 Å². The van der Waals surface area contributed by atoms with Crippen LogP contribution in [-0.2, 0) is 17.7 Å². The molecule has 0 radical (unpaired) electrons. The number of carbonyl (C=O) groups excluding carboxylic acids is 1. The van der Waals surface area contributed by atoms with Crippen LogP contribution in [0.15, 0.2) is 28.8 Å². The zero-order valence-corrected chi connectivity index (χ0v) is 15.8. The predicted molar refractivity (Wildman–Crippen MR) is 99.7 cm³/mol. The summed E-state index contributed by atoms with van der Waals surface area (Å²) in [7, 11) is 1.68. The molecule has 1 aliphatic heterocycles. The van der Waals surface area contributed by atoms with Crippen molar-refractivity contribution in [2.75, 3.05) is 25.6 Å². The van der Waals surface area contributed by atoms with Crippen LogP contribution in [-0.4, -0.2) is 47.4 Å². The van der Waals surface area contributed by atoms with Gasteiger partial charge >= 0.3 is 6.03 Å².